The molecule has 0 radical (unpaired) electrons. The van der Waals surface area contributed by atoms with Crippen LogP contribution < -0.4 is 5.32 Å². The largest absolute Gasteiger partial charge is 0.472 e. The van der Waals surface area contributed by atoms with Crippen molar-refractivity contribution in [3.8, 4) is 0 Å². The van der Waals surface area contributed by atoms with Crippen molar-refractivity contribution in [3.05, 3.63) is 12.2 Å². The van der Waals surface area contributed by atoms with Crippen LogP contribution in [0.2, 0.25) is 0 Å². The lowest BCUT2D eigenvalue weighted by Crippen LogP contribution is -2.46. The van der Waals surface area contributed by atoms with E-state index < -0.39 is 20.0 Å². The van der Waals surface area contributed by atoms with Gasteiger partial charge < -0.3 is 19.8 Å². The Bertz CT molecular complexity index is 974. The van der Waals surface area contributed by atoms with Gasteiger partial charge in [-0.15, -0.1) is 0 Å². The maximum atomic E-state index is 12.9. The Hall–Kier alpha value is -0.760. The molecule has 0 aromatic heterocycles. The summed E-state index contributed by atoms with van der Waals surface area (Å²) in [5.41, 5.74) is 0. The zero-order valence-corrected chi connectivity index (χ0v) is 40.9. The standard InChI is InChI=1S/C50H101N2O6P/c1-6-8-10-12-14-16-17-18-19-20-21-22-23-24-25-26-27-28-29-30-31-32-33-34-36-38-40-42-44-50(54)51-48(47-58-59(55,56)57-46-45-52(3,4)5)49(53)43-41-39-37-35-15-13-11-9-7-2/h24-25,48-49,53H,6-23,26-47H2,1-5H3,(H-,51,54,55,56)/p+1/b25-24-. The van der Waals surface area contributed by atoms with Gasteiger partial charge in [-0.25, -0.2) is 4.57 Å². The molecular formula is C50H102N2O6P+. The highest BCUT2D eigenvalue weighted by Gasteiger charge is 2.28. The van der Waals surface area contributed by atoms with Gasteiger partial charge in [-0.2, -0.15) is 0 Å². The number of amides is 1. The third-order valence-electron chi connectivity index (χ3n) is 11.8. The number of nitrogens with zero attached hydrogens (tertiary/aromatic N) is 1. The van der Waals surface area contributed by atoms with Crippen LogP contribution in [0.25, 0.3) is 0 Å². The number of allylic oxidation sites excluding steroid dienone is 2. The van der Waals surface area contributed by atoms with Crippen molar-refractivity contribution in [2.45, 2.75) is 264 Å². The van der Waals surface area contributed by atoms with E-state index >= 15 is 0 Å². The van der Waals surface area contributed by atoms with Crippen LogP contribution in [0.1, 0.15) is 251 Å². The van der Waals surface area contributed by atoms with Crippen molar-refractivity contribution in [3.63, 3.8) is 0 Å². The Labute approximate surface area is 367 Å². The molecule has 0 aromatic carbocycles. The van der Waals surface area contributed by atoms with Crippen LogP contribution in [0.5, 0.6) is 0 Å². The molecule has 3 unspecified atom stereocenters. The summed E-state index contributed by atoms with van der Waals surface area (Å²) < 4.78 is 23.6. The van der Waals surface area contributed by atoms with E-state index in [9.17, 15) is 19.4 Å². The Kier molecular flexibility index (Phi) is 42.0. The van der Waals surface area contributed by atoms with Crippen LogP contribution in [-0.2, 0) is 18.4 Å². The number of carbonyl (C=O) groups excluding carboxylic acids is 1. The number of hydrogen-bond donors (Lipinski definition) is 3. The van der Waals surface area contributed by atoms with Crippen molar-refractivity contribution in [2.75, 3.05) is 40.9 Å². The molecule has 0 saturated carbocycles. The highest BCUT2D eigenvalue weighted by Crippen LogP contribution is 2.43. The normalized spacial score (nSPS) is 14.2. The molecule has 352 valence electrons. The number of rotatable bonds is 47. The second-order valence-electron chi connectivity index (χ2n) is 18.9. The summed E-state index contributed by atoms with van der Waals surface area (Å²) >= 11 is 0. The molecule has 0 aliphatic carbocycles. The summed E-state index contributed by atoms with van der Waals surface area (Å²) in [6.45, 7) is 4.88. The molecule has 0 bridgehead atoms. The van der Waals surface area contributed by atoms with Gasteiger partial charge in [0.05, 0.1) is 39.9 Å². The molecule has 9 heteroatoms. The van der Waals surface area contributed by atoms with Gasteiger partial charge >= 0.3 is 7.82 Å². The van der Waals surface area contributed by atoms with E-state index in [1.807, 2.05) is 21.1 Å². The van der Waals surface area contributed by atoms with E-state index in [4.69, 9.17) is 9.05 Å². The molecule has 0 rings (SSSR count). The fraction of sp³-hybridized carbons (Fsp3) is 0.940. The first-order valence-corrected chi connectivity index (χ1v) is 27.0. The maximum absolute atomic E-state index is 12.9. The minimum Gasteiger partial charge on any atom is -0.391 e. The van der Waals surface area contributed by atoms with Crippen molar-refractivity contribution in [2.24, 2.45) is 0 Å². The van der Waals surface area contributed by atoms with Crippen molar-refractivity contribution in [1.29, 1.82) is 0 Å². The summed E-state index contributed by atoms with van der Waals surface area (Å²) in [6, 6.07) is -0.755. The van der Waals surface area contributed by atoms with Gasteiger partial charge in [0.1, 0.15) is 13.2 Å². The highest BCUT2D eigenvalue weighted by atomic mass is 31.2. The molecule has 0 fully saturated rings. The Morgan fingerprint density at radius 1 is 0.559 bits per heavy atom. The van der Waals surface area contributed by atoms with Crippen LogP contribution in [0.4, 0.5) is 0 Å². The fourth-order valence-electron chi connectivity index (χ4n) is 7.69. The Morgan fingerprint density at radius 3 is 1.31 bits per heavy atom. The average molecular weight is 858 g/mol. The van der Waals surface area contributed by atoms with Gasteiger partial charge in [0.25, 0.3) is 0 Å². The van der Waals surface area contributed by atoms with Crippen LogP contribution >= 0.6 is 7.82 Å². The quantitative estimate of drug-likeness (QED) is 0.0244. The first kappa shape index (κ1) is 58.2. The SMILES string of the molecule is CCCCCCCCCCCCCC/C=C\CCCCCCCCCCCCCCC(=O)NC(COP(=O)(O)OCC[N+](C)(C)C)C(O)CCCCCCCCCCC. The zero-order chi connectivity index (χ0) is 43.6. The van der Waals surface area contributed by atoms with E-state index in [1.165, 1.54) is 186 Å². The Balaban J connectivity index is 4.00. The number of likely N-dealkylation sites (N-methyl/N-ethyl adjacent to an activating group) is 1. The fourth-order valence-corrected chi connectivity index (χ4v) is 8.43. The summed E-state index contributed by atoms with van der Waals surface area (Å²) in [7, 11) is 1.62. The molecule has 8 nitrogen and oxygen atoms in total. The lowest BCUT2D eigenvalue weighted by molar-refractivity contribution is -0.870. The molecule has 0 saturated heterocycles. The second-order valence-corrected chi connectivity index (χ2v) is 20.4. The third-order valence-corrected chi connectivity index (χ3v) is 12.7. The van der Waals surface area contributed by atoms with Crippen molar-refractivity contribution >= 4 is 13.7 Å². The van der Waals surface area contributed by atoms with Crippen molar-refractivity contribution < 1.29 is 32.9 Å². The number of hydrogen-bond acceptors (Lipinski definition) is 5. The van der Waals surface area contributed by atoms with Gasteiger partial charge in [0.2, 0.25) is 5.91 Å². The van der Waals surface area contributed by atoms with E-state index in [-0.39, 0.29) is 19.1 Å². The van der Waals surface area contributed by atoms with Gasteiger partial charge in [0.15, 0.2) is 0 Å². The second kappa shape index (κ2) is 42.5. The third kappa shape index (κ3) is 45.1. The van der Waals surface area contributed by atoms with Gasteiger partial charge in [-0.05, 0) is 38.5 Å². The molecule has 0 aromatic rings. The first-order valence-electron chi connectivity index (χ1n) is 25.6. The van der Waals surface area contributed by atoms with Crippen LogP contribution in [0.15, 0.2) is 12.2 Å². The first-order chi connectivity index (χ1) is 28.5. The number of carbonyl (C=O) groups is 1. The maximum Gasteiger partial charge on any atom is 0.472 e. The number of quaternary nitrogens is 1. The molecule has 1 amide bonds. The van der Waals surface area contributed by atoms with Crippen LogP contribution in [-0.4, -0.2) is 73.4 Å². The summed E-state index contributed by atoms with van der Waals surface area (Å²) in [5.74, 6) is -0.144. The molecule has 59 heavy (non-hydrogen) atoms. The lowest BCUT2D eigenvalue weighted by Gasteiger charge is -2.26. The van der Waals surface area contributed by atoms with E-state index in [1.54, 1.807) is 0 Å². The molecular weight excluding hydrogens is 756 g/mol. The molecule has 0 aliphatic heterocycles. The number of aliphatic hydroxyl groups excluding tert-OH is 1. The zero-order valence-electron chi connectivity index (χ0n) is 40.0. The van der Waals surface area contributed by atoms with Crippen molar-refractivity contribution in [1.82, 2.24) is 5.32 Å². The topological polar surface area (TPSA) is 105 Å². The number of unbranched alkanes of at least 4 members (excludes halogenated alkanes) is 32. The van der Waals surface area contributed by atoms with Gasteiger partial charge in [-0.3, -0.25) is 13.8 Å². The summed E-state index contributed by atoms with van der Waals surface area (Å²) in [6.07, 6.45) is 49.9. The number of aliphatic hydroxyl groups is 1. The van der Waals surface area contributed by atoms with E-state index in [0.29, 0.717) is 23.9 Å². The smallest absolute Gasteiger partial charge is 0.391 e. The van der Waals surface area contributed by atoms with Crippen LogP contribution in [0, 0.1) is 0 Å². The predicted octanol–water partition coefficient (Wildman–Crippen LogP) is 14.7. The summed E-state index contributed by atoms with van der Waals surface area (Å²) in [4.78, 5) is 23.1. The summed E-state index contributed by atoms with van der Waals surface area (Å²) in [5, 5.41) is 13.9. The predicted molar refractivity (Wildman–Crippen MR) is 254 cm³/mol. The lowest BCUT2D eigenvalue weighted by atomic mass is 10.0. The molecule has 3 atom stereocenters. The Morgan fingerprint density at radius 2 is 0.915 bits per heavy atom. The van der Waals surface area contributed by atoms with Crippen LogP contribution in [0.3, 0.4) is 0 Å². The minimum atomic E-state index is -4.31. The number of nitrogens with one attached hydrogen (secondary N) is 1. The number of phosphoric acid groups is 1. The number of phosphoric ester groups is 1. The van der Waals surface area contributed by atoms with E-state index in [2.05, 4.69) is 31.3 Å². The van der Waals surface area contributed by atoms with Gasteiger partial charge in [-0.1, -0.05) is 219 Å². The minimum absolute atomic E-state index is 0.0765. The molecule has 0 aliphatic rings. The highest BCUT2D eigenvalue weighted by molar-refractivity contribution is 7.47. The molecule has 0 spiro atoms. The molecule has 3 N–H and O–H groups in total. The van der Waals surface area contributed by atoms with E-state index in [0.717, 1.165) is 38.5 Å². The van der Waals surface area contributed by atoms with Gasteiger partial charge in [0, 0.05) is 6.42 Å². The monoisotopic (exact) mass is 858 g/mol. The molecule has 0 heterocycles. The average Bonchev–Trinajstić information content (AvgIpc) is 3.19.